The van der Waals surface area contributed by atoms with Gasteiger partial charge < -0.3 is 15.2 Å². The normalized spacial score (nSPS) is 15.9. The Morgan fingerprint density at radius 1 is 1.57 bits per heavy atom. The molecule has 2 N–H and O–H groups in total. The summed E-state index contributed by atoms with van der Waals surface area (Å²) in [6.07, 6.45) is 1.94. The third kappa shape index (κ3) is 3.04. The molecule has 0 radical (unpaired) electrons. The lowest BCUT2D eigenvalue weighted by atomic mass is 9.74. The van der Waals surface area contributed by atoms with Crippen LogP contribution in [0.15, 0.2) is 12.1 Å². The van der Waals surface area contributed by atoms with Crippen LogP contribution in [-0.2, 0) is 4.79 Å². The molecule has 0 spiro atoms. The zero-order chi connectivity index (χ0) is 15.6. The molecule has 2 rings (SSSR count). The van der Waals surface area contributed by atoms with Crippen molar-refractivity contribution in [3.63, 3.8) is 0 Å². The molecule has 0 heterocycles. The predicted molar refractivity (Wildman–Crippen MR) is 72.1 cm³/mol. The van der Waals surface area contributed by atoms with Crippen LogP contribution in [0.1, 0.15) is 25.7 Å². The minimum Gasteiger partial charge on any atom is -0.490 e. The molecule has 0 unspecified atom stereocenters. The molecule has 0 atom stereocenters. The van der Waals surface area contributed by atoms with Crippen molar-refractivity contribution < 1.29 is 24.0 Å². The van der Waals surface area contributed by atoms with Crippen molar-refractivity contribution in [2.45, 2.75) is 31.2 Å². The van der Waals surface area contributed by atoms with Crippen molar-refractivity contribution in [2.24, 2.45) is 0 Å². The Morgan fingerprint density at radius 2 is 2.24 bits per heavy atom. The highest BCUT2D eigenvalue weighted by atomic mass is 19.1. The average molecular weight is 298 g/mol. The molecule has 1 saturated carbocycles. The quantitative estimate of drug-likeness (QED) is 0.618. The van der Waals surface area contributed by atoms with Gasteiger partial charge in [0, 0.05) is 11.6 Å². The lowest BCUT2D eigenvalue weighted by Gasteiger charge is -2.42. The van der Waals surface area contributed by atoms with Crippen LogP contribution < -0.4 is 10.1 Å². The van der Waals surface area contributed by atoms with Crippen molar-refractivity contribution in [1.82, 2.24) is 0 Å². The van der Waals surface area contributed by atoms with Crippen LogP contribution in [-0.4, -0.2) is 28.6 Å². The van der Waals surface area contributed by atoms with Gasteiger partial charge in [-0.3, -0.25) is 14.9 Å². The van der Waals surface area contributed by atoms with E-state index in [1.807, 2.05) is 0 Å². The number of benzene rings is 1. The van der Waals surface area contributed by atoms with Crippen LogP contribution in [0, 0.1) is 15.9 Å². The fourth-order valence-electron chi connectivity index (χ4n) is 2.47. The predicted octanol–water partition coefficient (Wildman–Crippen LogP) is 2.55. The van der Waals surface area contributed by atoms with Crippen LogP contribution in [0.3, 0.4) is 0 Å². The van der Waals surface area contributed by atoms with Crippen LogP contribution >= 0.6 is 0 Å². The van der Waals surface area contributed by atoms with Crippen molar-refractivity contribution in [2.75, 3.05) is 12.4 Å². The summed E-state index contributed by atoms with van der Waals surface area (Å²) in [6.45, 7) is 0. The van der Waals surface area contributed by atoms with Gasteiger partial charge >= 0.3 is 11.7 Å². The first kappa shape index (κ1) is 15.0. The zero-order valence-corrected chi connectivity index (χ0v) is 11.4. The first-order valence-electron chi connectivity index (χ1n) is 6.39. The Balaban J connectivity index is 2.31. The number of nitrogens with zero attached hydrogens (tertiary/aromatic N) is 1. The Morgan fingerprint density at radius 3 is 2.67 bits per heavy atom. The summed E-state index contributed by atoms with van der Waals surface area (Å²) >= 11 is 0. The molecular formula is C13H15FN2O5. The number of carboxylic acid groups (broad SMARTS) is 1. The molecule has 1 aliphatic rings. The number of methoxy groups -OCH3 is 1. The Kier molecular flexibility index (Phi) is 3.97. The summed E-state index contributed by atoms with van der Waals surface area (Å²) in [4.78, 5) is 21.0. The maximum Gasteiger partial charge on any atom is 0.313 e. The number of ether oxygens (including phenoxy) is 1. The van der Waals surface area contributed by atoms with E-state index in [0.717, 1.165) is 12.5 Å². The monoisotopic (exact) mass is 298 g/mol. The SMILES string of the molecule is COc1cc(NC2(CC(=O)O)CCC2)c(F)cc1[N+](=O)[O-]. The second-order valence-electron chi connectivity index (χ2n) is 5.09. The second kappa shape index (κ2) is 5.55. The molecule has 114 valence electrons. The minimum atomic E-state index is -0.975. The van der Waals surface area contributed by atoms with E-state index in [9.17, 15) is 19.3 Å². The van der Waals surface area contributed by atoms with E-state index < -0.39 is 27.9 Å². The molecule has 0 amide bonds. The summed E-state index contributed by atoms with van der Waals surface area (Å²) in [6, 6.07) is 1.96. The molecule has 21 heavy (non-hydrogen) atoms. The molecule has 1 fully saturated rings. The van der Waals surface area contributed by atoms with E-state index in [2.05, 4.69) is 5.32 Å². The Labute approximate surface area is 119 Å². The fraction of sp³-hybridized carbons (Fsp3) is 0.462. The summed E-state index contributed by atoms with van der Waals surface area (Å²) in [5.74, 6) is -1.86. The van der Waals surface area contributed by atoms with Crippen molar-refractivity contribution in [3.05, 3.63) is 28.1 Å². The number of rotatable bonds is 6. The van der Waals surface area contributed by atoms with Gasteiger partial charge in [-0.1, -0.05) is 0 Å². The summed E-state index contributed by atoms with van der Waals surface area (Å²) in [7, 11) is 1.25. The maximum atomic E-state index is 14.0. The Hall–Kier alpha value is -2.38. The third-order valence-corrected chi connectivity index (χ3v) is 3.67. The van der Waals surface area contributed by atoms with E-state index in [-0.39, 0.29) is 17.9 Å². The number of aliphatic carboxylic acids is 1. The zero-order valence-electron chi connectivity index (χ0n) is 11.4. The summed E-state index contributed by atoms with van der Waals surface area (Å²) in [5.41, 5.74) is -1.16. The first-order valence-corrected chi connectivity index (χ1v) is 6.39. The van der Waals surface area contributed by atoms with Gasteiger partial charge in [0.2, 0.25) is 0 Å². The molecule has 0 aromatic heterocycles. The molecule has 1 aliphatic carbocycles. The van der Waals surface area contributed by atoms with E-state index in [1.165, 1.54) is 13.2 Å². The van der Waals surface area contributed by atoms with Gasteiger partial charge in [-0.25, -0.2) is 4.39 Å². The number of hydrogen-bond acceptors (Lipinski definition) is 5. The molecule has 1 aromatic rings. The molecule has 0 aliphatic heterocycles. The van der Waals surface area contributed by atoms with Gasteiger partial charge in [-0.05, 0) is 19.3 Å². The van der Waals surface area contributed by atoms with Crippen molar-refractivity contribution >= 4 is 17.3 Å². The molecule has 7 nitrogen and oxygen atoms in total. The van der Waals surface area contributed by atoms with Crippen LogP contribution in [0.4, 0.5) is 15.8 Å². The Bertz CT molecular complexity index is 586. The highest BCUT2D eigenvalue weighted by molar-refractivity contribution is 5.70. The number of nitro groups is 1. The van der Waals surface area contributed by atoms with Crippen LogP contribution in [0.5, 0.6) is 5.75 Å². The minimum absolute atomic E-state index is 0.0124. The summed E-state index contributed by atoms with van der Waals surface area (Å²) < 4.78 is 18.9. The number of halogens is 1. The van der Waals surface area contributed by atoms with Crippen molar-refractivity contribution in [1.29, 1.82) is 0 Å². The van der Waals surface area contributed by atoms with Gasteiger partial charge in [-0.2, -0.15) is 0 Å². The van der Waals surface area contributed by atoms with Gasteiger partial charge in [0.05, 0.1) is 30.2 Å². The van der Waals surface area contributed by atoms with Gasteiger partial charge in [0.25, 0.3) is 0 Å². The smallest absolute Gasteiger partial charge is 0.313 e. The number of nitrogens with one attached hydrogen (secondary N) is 1. The largest absolute Gasteiger partial charge is 0.490 e. The molecule has 0 bridgehead atoms. The fourth-order valence-corrected chi connectivity index (χ4v) is 2.47. The average Bonchev–Trinajstić information content (AvgIpc) is 2.37. The highest BCUT2D eigenvalue weighted by Crippen LogP contribution is 2.41. The second-order valence-corrected chi connectivity index (χ2v) is 5.09. The molecular weight excluding hydrogens is 283 g/mol. The standard InChI is InChI=1S/C13H15FN2O5/c1-21-11-6-9(8(14)5-10(11)16(19)20)15-13(3-2-4-13)7-12(17)18/h5-6,15H,2-4,7H2,1H3,(H,17,18). The van der Waals surface area contributed by atoms with Gasteiger partial charge in [0.1, 0.15) is 0 Å². The van der Waals surface area contributed by atoms with Gasteiger partial charge in [0.15, 0.2) is 11.6 Å². The highest BCUT2D eigenvalue weighted by Gasteiger charge is 2.39. The topological polar surface area (TPSA) is 102 Å². The van der Waals surface area contributed by atoms with E-state index in [0.29, 0.717) is 12.8 Å². The number of carboxylic acids is 1. The lowest BCUT2D eigenvalue weighted by molar-refractivity contribution is -0.385. The van der Waals surface area contributed by atoms with E-state index in [1.54, 1.807) is 0 Å². The van der Waals surface area contributed by atoms with E-state index >= 15 is 0 Å². The summed E-state index contributed by atoms with van der Waals surface area (Å²) in [5, 5.41) is 22.6. The number of hydrogen-bond donors (Lipinski definition) is 2. The van der Waals surface area contributed by atoms with Crippen molar-refractivity contribution in [3.8, 4) is 5.75 Å². The van der Waals surface area contributed by atoms with E-state index in [4.69, 9.17) is 9.84 Å². The lowest BCUT2D eigenvalue weighted by Crippen LogP contribution is -2.47. The molecule has 0 saturated heterocycles. The number of carbonyl (C=O) groups is 1. The maximum absolute atomic E-state index is 14.0. The third-order valence-electron chi connectivity index (χ3n) is 3.67. The number of nitro benzene ring substituents is 1. The number of anilines is 1. The molecule has 1 aromatic carbocycles. The van der Waals surface area contributed by atoms with Gasteiger partial charge in [-0.15, -0.1) is 0 Å². The molecule has 8 heteroatoms. The van der Waals surface area contributed by atoms with Crippen LogP contribution in [0.25, 0.3) is 0 Å². The van der Waals surface area contributed by atoms with Crippen LogP contribution in [0.2, 0.25) is 0 Å². The first-order chi connectivity index (χ1) is 9.87.